The summed E-state index contributed by atoms with van der Waals surface area (Å²) in [7, 11) is 1.92. The number of nitrogens with zero attached hydrogens (tertiary/aromatic N) is 3. The first kappa shape index (κ1) is 20.3. The summed E-state index contributed by atoms with van der Waals surface area (Å²) in [6, 6.07) is 17.6. The number of hydrogen-bond donors (Lipinski definition) is 0. The number of carbonyl (C=O) groups excluding carboxylic acids is 1. The van der Waals surface area contributed by atoms with Crippen molar-refractivity contribution in [3.8, 4) is 11.5 Å². The van der Waals surface area contributed by atoms with Gasteiger partial charge >= 0.3 is 0 Å². The normalized spacial score (nSPS) is 17.2. The zero-order valence-electron chi connectivity index (χ0n) is 18.2. The predicted octanol–water partition coefficient (Wildman–Crippen LogP) is 4.13. The maximum absolute atomic E-state index is 13.3. The molecule has 0 radical (unpaired) electrons. The molecule has 2 aliphatic heterocycles. The van der Waals surface area contributed by atoms with Gasteiger partial charge in [-0.2, -0.15) is 5.10 Å². The lowest BCUT2D eigenvalue weighted by atomic mass is 10.0. The lowest BCUT2D eigenvalue weighted by Crippen LogP contribution is -2.36. The van der Waals surface area contributed by atoms with Gasteiger partial charge in [-0.3, -0.25) is 9.69 Å². The summed E-state index contributed by atoms with van der Waals surface area (Å²) in [6.07, 6.45) is 2.25. The third-order valence-electron chi connectivity index (χ3n) is 5.72. The van der Waals surface area contributed by atoms with Gasteiger partial charge in [-0.1, -0.05) is 35.9 Å². The van der Waals surface area contributed by atoms with E-state index in [9.17, 15) is 4.79 Å². The highest BCUT2D eigenvalue weighted by Gasteiger charge is 2.35. The third-order valence-corrected chi connectivity index (χ3v) is 5.72. The van der Waals surface area contributed by atoms with Gasteiger partial charge in [-0.15, -0.1) is 0 Å². The van der Waals surface area contributed by atoms with Crippen LogP contribution in [0.5, 0.6) is 11.5 Å². The van der Waals surface area contributed by atoms with E-state index in [4.69, 9.17) is 19.0 Å². The van der Waals surface area contributed by atoms with Crippen molar-refractivity contribution in [2.75, 3.05) is 20.4 Å². The second-order valence-electron chi connectivity index (χ2n) is 8.25. The highest BCUT2D eigenvalue weighted by Crippen LogP contribution is 2.34. The van der Waals surface area contributed by atoms with Crippen LogP contribution in [-0.2, 0) is 11.3 Å². The van der Waals surface area contributed by atoms with E-state index >= 15 is 0 Å². The molecule has 0 spiro atoms. The van der Waals surface area contributed by atoms with Crippen molar-refractivity contribution in [3.63, 3.8) is 0 Å². The standard InChI is InChI=1S/C25H25N3O4/c1-17-5-8-19(9-6-17)20-13-21(22-4-3-11-30-22)28(26-20)25(29)15-27(2)14-18-7-10-23-24(12-18)32-16-31-23/h3-12,21H,13-16H2,1-2H3/t21-/m1/s1. The second kappa shape index (κ2) is 8.51. The summed E-state index contributed by atoms with van der Waals surface area (Å²) < 4.78 is 16.5. The number of aryl methyl sites for hydroxylation is 1. The van der Waals surface area contributed by atoms with Crippen LogP contribution in [0.3, 0.4) is 0 Å². The molecule has 5 rings (SSSR count). The molecule has 1 aromatic heterocycles. The number of benzene rings is 2. The van der Waals surface area contributed by atoms with Gasteiger partial charge in [0.2, 0.25) is 6.79 Å². The number of ether oxygens (including phenoxy) is 2. The minimum Gasteiger partial charge on any atom is -0.467 e. The van der Waals surface area contributed by atoms with Gasteiger partial charge in [0.25, 0.3) is 5.91 Å². The van der Waals surface area contributed by atoms with Crippen molar-refractivity contribution in [2.24, 2.45) is 5.10 Å². The van der Waals surface area contributed by atoms with Gasteiger partial charge in [0.05, 0.1) is 18.5 Å². The molecule has 0 bridgehead atoms. The Labute approximate surface area is 186 Å². The second-order valence-corrected chi connectivity index (χ2v) is 8.25. The first-order valence-corrected chi connectivity index (χ1v) is 10.6. The predicted molar refractivity (Wildman–Crippen MR) is 120 cm³/mol. The average molecular weight is 431 g/mol. The van der Waals surface area contributed by atoms with Crippen LogP contribution in [0.25, 0.3) is 0 Å². The Bertz CT molecular complexity index is 1140. The van der Waals surface area contributed by atoms with E-state index in [-0.39, 0.29) is 25.3 Å². The summed E-state index contributed by atoms with van der Waals surface area (Å²) >= 11 is 0. The zero-order chi connectivity index (χ0) is 22.1. The van der Waals surface area contributed by atoms with Gasteiger partial charge < -0.3 is 13.9 Å². The van der Waals surface area contributed by atoms with Gasteiger partial charge in [0, 0.05) is 13.0 Å². The fraction of sp³-hybridized carbons (Fsp3) is 0.280. The van der Waals surface area contributed by atoms with Crippen LogP contribution in [0.4, 0.5) is 0 Å². The first-order chi connectivity index (χ1) is 15.6. The Morgan fingerprint density at radius 2 is 1.94 bits per heavy atom. The van der Waals surface area contributed by atoms with Crippen molar-refractivity contribution in [1.82, 2.24) is 9.91 Å². The number of likely N-dealkylation sites (N-methyl/N-ethyl adjacent to an activating group) is 1. The number of furan rings is 1. The monoisotopic (exact) mass is 431 g/mol. The highest BCUT2D eigenvalue weighted by molar-refractivity contribution is 6.03. The maximum Gasteiger partial charge on any atom is 0.257 e. The molecule has 1 amide bonds. The molecule has 2 aliphatic rings. The summed E-state index contributed by atoms with van der Waals surface area (Å²) in [5.41, 5.74) is 4.15. The highest BCUT2D eigenvalue weighted by atomic mass is 16.7. The molecule has 0 N–H and O–H groups in total. The quantitative estimate of drug-likeness (QED) is 0.587. The fourth-order valence-electron chi connectivity index (χ4n) is 4.07. The Morgan fingerprint density at radius 1 is 1.12 bits per heavy atom. The summed E-state index contributed by atoms with van der Waals surface area (Å²) in [5, 5.41) is 6.28. The third kappa shape index (κ3) is 4.11. The van der Waals surface area contributed by atoms with Crippen LogP contribution in [0.15, 0.2) is 70.4 Å². The van der Waals surface area contributed by atoms with E-state index in [0.717, 1.165) is 34.1 Å². The Balaban J connectivity index is 1.32. The number of fused-ring (bicyclic) bond motifs is 1. The summed E-state index contributed by atoms with van der Waals surface area (Å²) in [4.78, 5) is 15.2. The molecule has 3 aromatic rings. The van der Waals surface area contributed by atoms with Crippen LogP contribution in [0, 0.1) is 6.92 Å². The molecule has 0 saturated carbocycles. The van der Waals surface area contributed by atoms with Crippen LogP contribution in [0.1, 0.15) is 34.9 Å². The molecule has 0 unspecified atom stereocenters. The lowest BCUT2D eigenvalue weighted by Gasteiger charge is -2.23. The van der Waals surface area contributed by atoms with Crippen LogP contribution >= 0.6 is 0 Å². The van der Waals surface area contributed by atoms with E-state index in [1.165, 1.54) is 5.56 Å². The van der Waals surface area contributed by atoms with Crippen molar-refractivity contribution in [1.29, 1.82) is 0 Å². The van der Waals surface area contributed by atoms with E-state index in [1.807, 2.05) is 54.4 Å². The van der Waals surface area contributed by atoms with Gasteiger partial charge in [0.15, 0.2) is 11.5 Å². The molecule has 7 nitrogen and oxygen atoms in total. The molecule has 3 heterocycles. The molecule has 0 fully saturated rings. The zero-order valence-corrected chi connectivity index (χ0v) is 18.2. The van der Waals surface area contributed by atoms with E-state index in [2.05, 4.69) is 19.1 Å². The number of rotatable bonds is 6. The summed E-state index contributed by atoms with van der Waals surface area (Å²) in [5.74, 6) is 2.16. The van der Waals surface area contributed by atoms with Crippen LogP contribution in [-0.4, -0.2) is 41.9 Å². The number of hydrazone groups is 1. The SMILES string of the molecule is Cc1ccc(C2=NN(C(=O)CN(C)Cc3ccc4c(c3)OCO4)[C@@H](c3ccco3)C2)cc1. The summed E-state index contributed by atoms with van der Waals surface area (Å²) in [6.45, 7) is 3.14. The number of carbonyl (C=O) groups is 1. The fourth-order valence-corrected chi connectivity index (χ4v) is 4.07. The number of hydrogen-bond acceptors (Lipinski definition) is 6. The van der Waals surface area contributed by atoms with E-state index in [1.54, 1.807) is 11.3 Å². The lowest BCUT2D eigenvalue weighted by molar-refractivity contribution is -0.134. The topological polar surface area (TPSA) is 67.5 Å². The van der Waals surface area contributed by atoms with Crippen molar-refractivity contribution in [2.45, 2.75) is 25.9 Å². The minimum atomic E-state index is -0.243. The van der Waals surface area contributed by atoms with Gasteiger partial charge in [-0.25, -0.2) is 5.01 Å². The smallest absolute Gasteiger partial charge is 0.257 e. The van der Waals surface area contributed by atoms with E-state index in [0.29, 0.717) is 13.0 Å². The molecule has 0 aliphatic carbocycles. The van der Waals surface area contributed by atoms with Crippen LogP contribution < -0.4 is 9.47 Å². The number of amides is 1. The minimum absolute atomic E-state index is 0.0724. The van der Waals surface area contributed by atoms with E-state index < -0.39 is 0 Å². The van der Waals surface area contributed by atoms with Gasteiger partial charge in [0.1, 0.15) is 11.8 Å². The molecule has 2 aromatic carbocycles. The van der Waals surface area contributed by atoms with Crippen molar-refractivity contribution in [3.05, 3.63) is 83.3 Å². The molecule has 1 atom stereocenters. The van der Waals surface area contributed by atoms with Crippen molar-refractivity contribution >= 4 is 11.6 Å². The molecule has 32 heavy (non-hydrogen) atoms. The molecular formula is C25H25N3O4. The molecular weight excluding hydrogens is 406 g/mol. The molecule has 164 valence electrons. The largest absolute Gasteiger partial charge is 0.467 e. The Hall–Kier alpha value is -3.58. The first-order valence-electron chi connectivity index (χ1n) is 10.6. The Kier molecular flexibility index (Phi) is 5.41. The average Bonchev–Trinajstić information content (AvgIpc) is 3.53. The van der Waals surface area contributed by atoms with Gasteiger partial charge in [-0.05, 0) is 49.4 Å². The van der Waals surface area contributed by atoms with Crippen molar-refractivity contribution < 1.29 is 18.7 Å². The maximum atomic E-state index is 13.3. The molecule has 7 heteroatoms. The molecule has 0 saturated heterocycles. The van der Waals surface area contributed by atoms with Crippen LogP contribution in [0.2, 0.25) is 0 Å². The Morgan fingerprint density at radius 3 is 2.72 bits per heavy atom.